The fourth-order valence-electron chi connectivity index (χ4n) is 1.60. The molecule has 1 aromatic carbocycles. The Labute approximate surface area is 135 Å². The Morgan fingerprint density at radius 3 is 2.95 bits per heavy atom. The van der Waals surface area contributed by atoms with Crippen LogP contribution in [0, 0.1) is 3.57 Å². The maximum absolute atomic E-state index is 12.3. The van der Waals surface area contributed by atoms with E-state index in [0.29, 0.717) is 28.8 Å². The van der Waals surface area contributed by atoms with Crippen molar-refractivity contribution in [2.45, 2.75) is 6.92 Å². The summed E-state index contributed by atoms with van der Waals surface area (Å²) in [4.78, 5) is 16.4. The maximum Gasteiger partial charge on any atom is 0.256 e. The summed E-state index contributed by atoms with van der Waals surface area (Å²) in [6, 6.07) is 8.61. The molecule has 0 radical (unpaired) electrons. The molecule has 0 saturated heterocycles. The minimum atomic E-state index is -0.222. The van der Waals surface area contributed by atoms with Crippen LogP contribution in [0.15, 0.2) is 36.5 Å². The average Bonchev–Trinajstić information content (AvgIpc) is 2.41. The third kappa shape index (κ3) is 3.61. The SMILES string of the molecule is CCOc1ncccc1NC(=O)c1ccc(Cl)cc1I. The molecule has 104 valence electrons. The predicted molar refractivity (Wildman–Crippen MR) is 87.5 cm³/mol. The minimum Gasteiger partial charge on any atom is -0.476 e. The summed E-state index contributed by atoms with van der Waals surface area (Å²) in [5.41, 5.74) is 1.10. The van der Waals surface area contributed by atoms with Crippen molar-refractivity contribution in [3.05, 3.63) is 50.7 Å². The highest BCUT2D eigenvalue weighted by Gasteiger charge is 2.13. The lowest BCUT2D eigenvalue weighted by Gasteiger charge is -2.10. The van der Waals surface area contributed by atoms with Gasteiger partial charge in [-0.15, -0.1) is 0 Å². The molecule has 0 spiro atoms. The molecule has 0 saturated carbocycles. The van der Waals surface area contributed by atoms with Crippen molar-refractivity contribution in [1.29, 1.82) is 0 Å². The number of hydrogen-bond donors (Lipinski definition) is 1. The summed E-state index contributed by atoms with van der Waals surface area (Å²) >= 11 is 7.96. The molecular weight excluding hydrogens is 391 g/mol. The summed E-state index contributed by atoms with van der Waals surface area (Å²) in [6.45, 7) is 2.35. The molecule has 1 N–H and O–H groups in total. The van der Waals surface area contributed by atoms with E-state index in [4.69, 9.17) is 16.3 Å². The van der Waals surface area contributed by atoms with Gasteiger partial charge in [0.1, 0.15) is 5.69 Å². The second kappa shape index (κ2) is 6.90. The average molecular weight is 403 g/mol. The third-order valence-electron chi connectivity index (χ3n) is 2.48. The molecule has 1 heterocycles. The number of carbonyl (C=O) groups excluding carboxylic acids is 1. The molecule has 4 nitrogen and oxygen atoms in total. The minimum absolute atomic E-state index is 0.222. The molecule has 20 heavy (non-hydrogen) atoms. The number of halogens is 2. The Morgan fingerprint density at radius 1 is 1.45 bits per heavy atom. The Morgan fingerprint density at radius 2 is 2.25 bits per heavy atom. The zero-order valence-electron chi connectivity index (χ0n) is 10.7. The normalized spacial score (nSPS) is 10.2. The van der Waals surface area contributed by atoms with Crippen molar-refractivity contribution in [1.82, 2.24) is 4.98 Å². The zero-order valence-corrected chi connectivity index (χ0v) is 13.6. The van der Waals surface area contributed by atoms with E-state index in [1.54, 1.807) is 36.5 Å². The van der Waals surface area contributed by atoms with Crippen molar-refractivity contribution in [2.24, 2.45) is 0 Å². The van der Waals surface area contributed by atoms with Gasteiger partial charge in [-0.05, 0) is 59.8 Å². The molecule has 0 aliphatic carbocycles. The molecule has 0 bridgehead atoms. The van der Waals surface area contributed by atoms with Gasteiger partial charge in [0.05, 0.1) is 12.2 Å². The topological polar surface area (TPSA) is 51.2 Å². The van der Waals surface area contributed by atoms with Gasteiger partial charge in [0.25, 0.3) is 5.91 Å². The highest BCUT2D eigenvalue weighted by atomic mass is 127. The number of nitrogens with zero attached hydrogens (tertiary/aromatic N) is 1. The third-order valence-corrected chi connectivity index (χ3v) is 3.60. The van der Waals surface area contributed by atoms with Gasteiger partial charge in [-0.25, -0.2) is 4.98 Å². The van der Waals surface area contributed by atoms with Crippen LogP contribution in [0.1, 0.15) is 17.3 Å². The van der Waals surface area contributed by atoms with Crippen LogP contribution < -0.4 is 10.1 Å². The summed E-state index contributed by atoms with van der Waals surface area (Å²) < 4.78 is 6.16. The predicted octanol–water partition coefficient (Wildman–Crippen LogP) is 3.99. The van der Waals surface area contributed by atoms with Crippen LogP contribution >= 0.6 is 34.2 Å². The van der Waals surface area contributed by atoms with Gasteiger partial charge < -0.3 is 10.1 Å². The molecular formula is C14H12ClIN2O2. The van der Waals surface area contributed by atoms with Crippen molar-refractivity contribution in [3.8, 4) is 5.88 Å². The number of ether oxygens (including phenoxy) is 1. The van der Waals surface area contributed by atoms with E-state index in [-0.39, 0.29) is 5.91 Å². The highest BCUT2D eigenvalue weighted by Crippen LogP contribution is 2.23. The van der Waals surface area contributed by atoms with Crippen LogP contribution in [-0.4, -0.2) is 17.5 Å². The van der Waals surface area contributed by atoms with Crippen molar-refractivity contribution >= 4 is 45.8 Å². The highest BCUT2D eigenvalue weighted by molar-refractivity contribution is 14.1. The second-order valence-electron chi connectivity index (χ2n) is 3.87. The smallest absolute Gasteiger partial charge is 0.256 e. The van der Waals surface area contributed by atoms with Crippen molar-refractivity contribution < 1.29 is 9.53 Å². The van der Waals surface area contributed by atoms with Crippen LogP contribution in [0.25, 0.3) is 0 Å². The van der Waals surface area contributed by atoms with Gasteiger partial charge in [-0.2, -0.15) is 0 Å². The lowest BCUT2D eigenvalue weighted by molar-refractivity contribution is 0.102. The number of benzene rings is 1. The zero-order chi connectivity index (χ0) is 14.5. The fourth-order valence-corrected chi connectivity index (χ4v) is 2.72. The molecule has 2 aromatic rings. The van der Waals surface area contributed by atoms with Crippen LogP contribution in [-0.2, 0) is 0 Å². The van der Waals surface area contributed by atoms with E-state index in [2.05, 4.69) is 32.9 Å². The molecule has 0 atom stereocenters. The van der Waals surface area contributed by atoms with E-state index in [1.165, 1.54) is 0 Å². The fraction of sp³-hybridized carbons (Fsp3) is 0.143. The monoisotopic (exact) mass is 402 g/mol. The summed E-state index contributed by atoms with van der Waals surface area (Å²) in [5, 5.41) is 3.40. The van der Waals surface area contributed by atoms with E-state index in [1.807, 2.05) is 6.92 Å². The van der Waals surface area contributed by atoms with Crippen LogP contribution in [0.2, 0.25) is 5.02 Å². The van der Waals surface area contributed by atoms with Crippen molar-refractivity contribution in [2.75, 3.05) is 11.9 Å². The van der Waals surface area contributed by atoms with E-state index in [0.717, 1.165) is 3.57 Å². The molecule has 2 rings (SSSR count). The first-order valence-corrected chi connectivity index (χ1v) is 7.41. The number of nitrogens with one attached hydrogen (secondary N) is 1. The Balaban J connectivity index is 2.23. The largest absolute Gasteiger partial charge is 0.476 e. The van der Waals surface area contributed by atoms with E-state index < -0.39 is 0 Å². The first-order chi connectivity index (χ1) is 9.61. The molecule has 6 heteroatoms. The Bertz CT molecular complexity index is 634. The lowest BCUT2D eigenvalue weighted by atomic mass is 10.2. The van der Waals surface area contributed by atoms with Gasteiger partial charge in [0.15, 0.2) is 0 Å². The molecule has 1 aromatic heterocycles. The number of amides is 1. The second-order valence-corrected chi connectivity index (χ2v) is 5.47. The van der Waals surface area contributed by atoms with Gasteiger partial charge >= 0.3 is 0 Å². The summed E-state index contributed by atoms with van der Waals surface area (Å²) in [5.74, 6) is 0.187. The number of hydrogen-bond acceptors (Lipinski definition) is 3. The first kappa shape index (κ1) is 15.1. The van der Waals surface area contributed by atoms with Crippen LogP contribution in [0.3, 0.4) is 0 Å². The molecule has 0 aliphatic rings. The van der Waals surface area contributed by atoms with E-state index >= 15 is 0 Å². The molecule has 0 fully saturated rings. The standard InChI is InChI=1S/C14H12ClIN2O2/c1-2-20-14-12(4-3-7-17-14)18-13(19)10-6-5-9(15)8-11(10)16/h3-8H,2H2,1H3,(H,18,19). The van der Waals surface area contributed by atoms with Crippen LogP contribution in [0.5, 0.6) is 5.88 Å². The van der Waals surface area contributed by atoms with Gasteiger partial charge in [-0.3, -0.25) is 4.79 Å². The quantitative estimate of drug-likeness (QED) is 0.787. The number of carbonyl (C=O) groups is 1. The Hall–Kier alpha value is -1.34. The molecule has 0 unspecified atom stereocenters. The number of pyridine rings is 1. The van der Waals surface area contributed by atoms with Crippen molar-refractivity contribution in [3.63, 3.8) is 0 Å². The van der Waals surface area contributed by atoms with Crippen LogP contribution in [0.4, 0.5) is 5.69 Å². The number of rotatable bonds is 4. The summed E-state index contributed by atoms with van der Waals surface area (Å²) in [6.07, 6.45) is 1.62. The number of aromatic nitrogens is 1. The Kier molecular flexibility index (Phi) is 5.19. The number of anilines is 1. The lowest BCUT2D eigenvalue weighted by Crippen LogP contribution is -2.14. The molecule has 0 aliphatic heterocycles. The first-order valence-electron chi connectivity index (χ1n) is 5.96. The summed E-state index contributed by atoms with van der Waals surface area (Å²) in [7, 11) is 0. The van der Waals surface area contributed by atoms with Gasteiger partial charge in [0, 0.05) is 14.8 Å². The van der Waals surface area contributed by atoms with E-state index in [9.17, 15) is 4.79 Å². The van der Waals surface area contributed by atoms with Gasteiger partial charge in [0.2, 0.25) is 5.88 Å². The molecule has 1 amide bonds. The maximum atomic E-state index is 12.3. The van der Waals surface area contributed by atoms with Gasteiger partial charge in [-0.1, -0.05) is 11.6 Å².